The summed E-state index contributed by atoms with van der Waals surface area (Å²) in [6, 6.07) is 47.4. The Kier molecular flexibility index (Phi) is 7.99. The van der Waals surface area contributed by atoms with Crippen molar-refractivity contribution in [3.05, 3.63) is 217 Å². The number of anilines is 1. The van der Waals surface area contributed by atoms with Crippen molar-refractivity contribution in [1.29, 1.82) is 0 Å². The number of aromatic nitrogens is 2. The lowest BCUT2D eigenvalue weighted by molar-refractivity contribution is 0.358. The molecule has 1 aliphatic carbocycles. The zero-order chi connectivity index (χ0) is 39.6. The van der Waals surface area contributed by atoms with E-state index in [1.165, 1.54) is 50.1 Å². The monoisotopic (exact) mass is 739 g/mol. The van der Waals surface area contributed by atoms with E-state index in [1.807, 2.05) is 48.5 Å². The van der Waals surface area contributed by atoms with Crippen LogP contribution in [0.5, 0.6) is 0 Å². The molecule has 0 N–H and O–H groups in total. The predicted octanol–water partition coefficient (Wildman–Crippen LogP) is 9.80. The van der Waals surface area contributed by atoms with E-state index in [0.717, 1.165) is 63.4 Å². The highest BCUT2D eigenvalue weighted by molar-refractivity contribution is 5.93. The Morgan fingerprint density at radius 3 is 1.60 bits per heavy atom. The lowest BCUT2D eigenvalue weighted by Crippen LogP contribution is -2.59. The number of benzene rings is 6. The molecule has 1 aromatic heterocycles. The highest BCUT2D eigenvalue weighted by Gasteiger charge is 2.70. The van der Waals surface area contributed by atoms with Gasteiger partial charge in [0.2, 0.25) is 0 Å². The molecule has 0 fully saturated rings. The van der Waals surface area contributed by atoms with E-state index in [9.17, 15) is 0 Å². The van der Waals surface area contributed by atoms with Crippen molar-refractivity contribution in [1.82, 2.24) is 10.2 Å². The van der Waals surface area contributed by atoms with Crippen LogP contribution in [-0.2, 0) is 17.4 Å². The second-order valence-corrected chi connectivity index (χ2v) is 15.4. The Morgan fingerprint density at radius 1 is 0.534 bits per heavy atom. The standard InChI is InChI=1S/C55H37N3/c1-6-39-14-18-41(19-15-39)22-24-43-26-30-47-48-31-27-44(25-23-42-20-16-40(7-2)17-21-42)35-51(48)54(50(47)34-43)52-37(4)56-57-38(5)53(52)58-33-32-45-10-8-9-11-49(45)55(54,58)46-28-12-36(3)13-29-46/h1-2,8-21,26-31,34-35H,32-33H2,3-5H3. The number of rotatable bonds is 1. The molecule has 3 heteroatoms. The average molecular weight is 740 g/mol. The number of aryl methyl sites for hydroxylation is 3. The van der Waals surface area contributed by atoms with Crippen LogP contribution in [0.3, 0.4) is 0 Å². The molecule has 0 amide bonds. The number of hydrogen-bond donors (Lipinski definition) is 0. The maximum atomic E-state index is 5.65. The van der Waals surface area contributed by atoms with Crippen LogP contribution < -0.4 is 4.90 Å². The first-order chi connectivity index (χ1) is 28.4. The van der Waals surface area contributed by atoms with Crippen molar-refractivity contribution < 1.29 is 0 Å². The van der Waals surface area contributed by atoms with Crippen LogP contribution >= 0.6 is 0 Å². The molecular weight excluding hydrogens is 703 g/mol. The lowest BCUT2D eigenvalue weighted by atomic mass is 9.55. The number of terminal acetylenes is 2. The average Bonchev–Trinajstić information content (AvgIpc) is 3.72. The maximum absolute atomic E-state index is 5.65. The van der Waals surface area contributed by atoms with Gasteiger partial charge >= 0.3 is 0 Å². The van der Waals surface area contributed by atoms with Gasteiger partial charge in [0, 0.05) is 45.5 Å². The van der Waals surface area contributed by atoms with E-state index in [4.69, 9.17) is 23.0 Å². The van der Waals surface area contributed by atoms with Crippen LogP contribution in [0.4, 0.5) is 5.69 Å². The van der Waals surface area contributed by atoms with Crippen molar-refractivity contribution in [2.75, 3.05) is 11.4 Å². The third-order valence-corrected chi connectivity index (χ3v) is 12.3. The summed E-state index contributed by atoms with van der Waals surface area (Å²) in [6.45, 7) is 7.22. The number of nitrogens with zero attached hydrogens (tertiary/aromatic N) is 3. The highest BCUT2D eigenvalue weighted by atomic mass is 15.3. The van der Waals surface area contributed by atoms with Gasteiger partial charge in [0.05, 0.1) is 22.5 Å². The number of fused-ring (bicyclic) bond motifs is 12. The van der Waals surface area contributed by atoms with Crippen molar-refractivity contribution in [3.63, 3.8) is 0 Å². The van der Waals surface area contributed by atoms with Crippen LogP contribution in [0.1, 0.15) is 83.7 Å². The summed E-state index contributed by atoms with van der Waals surface area (Å²) >= 11 is 0. The van der Waals surface area contributed by atoms with Crippen LogP contribution in [0.15, 0.2) is 133 Å². The van der Waals surface area contributed by atoms with Gasteiger partial charge in [-0.05, 0) is 139 Å². The normalized spacial score (nSPS) is 15.9. The van der Waals surface area contributed by atoms with Crippen LogP contribution in [0.25, 0.3) is 11.1 Å². The fraction of sp³-hybridized carbons (Fsp3) is 0.127. The minimum absolute atomic E-state index is 0.716. The Morgan fingerprint density at radius 2 is 1.03 bits per heavy atom. The molecule has 0 saturated carbocycles. The van der Waals surface area contributed by atoms with Crippen molar-refractivity contribution in [2.45, 2.75) is 38.1 Å². The van der Waals surface area contributed by atoms with E-state index in [-0.39, 0.29) is 0 Å². The van der Waals surface area contributed by atoms with Crippen molar-refractivity contribution in [3.8, 4) is 59.5 Å². The summed E-state index contributed by atoms with van der Waals surface area (Å²) in [6.07, 6.45) is 12.2. The Bertz CT molecular complexity index is 2930. The lowest BCUT2D eigenvalue weighted by Gasteiger charge is -2.54. The molecule has 2 aliphatic heterocycles. The van der Waals surface area contributed by atoms with E-state index < -0.39 is 11.0 Å². The van der Waals surface area contributed by atoms with Crippen molar-refractivity contribution in [2.24, 2.45) is 0 Å². The molecule has 10 rings (SSSR count). The third kappa shape index (κ3) is 4.95. The molecule has 1 spiro atoms. The molecule has 6 aromatic carbocycles. The van der Waals surface area contributed by atoms with Crippen molar-refractivity contribution >= 4 is 5.69 Å². The van der Waals surface area contributed by atoms with E-state index in [2.05, 4.69) is 146 Å². The van der Waals surface area contributed by atoms with Gasteiger partial charge in [0.1, 0.15) is 5.54 Å². The first-order valence-corrected chi connectivity index (χ1v) is 19.6. The Labute approximate surface area is 340 Å². The van der Waals surface area contributed by atoms with Gasteiger partial charge in [-0.15, -0.1) is 12.8 Å². The molecule has 3 aliphatic rings. The predicted molar refractivity (Wildman–Crippen MR) is 233 cm³/mol. The van der Waals surface area contributed by atoms with Crippen LogP contribution in [0, 0.1) is 69.1 Å². The topological polar surface area (TPSA) is 29.0 Å². The summed E-state index contributed by atoms with van der Waals surface area (Å²) in [5.41, 5.74) is 17.8. The summed E-state index contributed by atoms with van der Waals surface area (Å²) < 4.78 is 0. The second-order valence-electron chi connectivity index (χ2n) is 15.4. The second kappa shape index (κ2) is 13.3. The molecule has 1 unspecified atom stereocenters. The highest BCUT2D eigenvalue weighted by Crippen LogP contribution is 2.71. The fourth-order valence-electron chi connectivity index (χ4n) is 9.93. The summed E-state index contributed by atoms with van der Waals surface area (Å²) in [4.78, 5) is 2.67. The van der Waals surface area contributed by atoms with Gasteiger partial charge < -0.3 is 4.90 Å². The van der Waals surface area contributed by atoms with Gasteiger partial charge in [-0.2, -0.15) is 10.2 Å². The summed E-state index contributed by atoms with van der Waals surface area (Å²) in [5.74, 6) is 19.4. The molecule has 0 saturated heterocycles. The van der Waals surface area contributed by atoms with Gasteiger partial charge in [-0.1, -0.05) is 102 Å². The van der Waals surface area contributed by atoms with Gasteiger partial charge in [-0.3, -0.25) is 0 Å². The summed E-state index contributed by atoms with van der Waals surface area (Å²) in [7, 11) is 0. The largest absolute Gasteiger partial charge is 0.354 e. The van der Waals surface area contributed by atoms with Gasteiger partial charge in [0.15, 0.2) is 0 Å². The first kappa shape index (κ1) is 34.9. The molecule has 7 aromatic rings. The van der Waals surface area contributed by atoms with E-state index in [0.29, 0.717) is 0 Å². The van der Waals surface area contributed by atoms with Crippen LogP contribution in [-0.4, -0.2) is 16.7 Å². The smallest absolute Gasteiger partial charge is 0.109 e. The van der Waals surface area contributed by atoms with Crippen LogP contribution in [0.2, 0.25) is 0 Å². The Hall–Kier alpha value is -7.56. The van der Waals surface area contributed by atoms with Gasteiger partial charge in [0.25, 0.3) is 0 Å². The fourth-order valence-corrected chi connectivity index (χ4v) is 9.93. The van der Waals surface area contributed by atoms with E-state index >= 15 is 0 Å². The molecule has 0 radical (unpaired) electrons. The van der Waals surface area contributed by atoms with Gasteiger partial charge in [-0.25, -0.2) is 0 Å². The summed E-state index contributed by atoms with van der Waals surface area (Å²) in [5, 5.41) is 9.76. The zero-order valence-corrected chi connectivity index (χ0v) is 32.6. The van der Waals surface area contributed by atoms with E-state index in [1.54, 1.807) is 0 Å². The molecule has 0 bridgehead atoms. The first-order valence-electron chi connectivity index (χ1n) is 19.6. The quantitative estimate of drug-likeness (QED) is 0.157. The molecular formula is C55H37N3. The Balaban J connectivity index is 1.33. The molecule has 272 valence electrons. The molecule has 3 nitrogen and oxygen atoms in total. The minimum atomic E-state index is -0.776. The molecule has 1 atom stereocenters. The zero-order valence-electron chi connectivity index (χ0n) is 32.6. The molecule has 58 heavy (non-hydrogen) atoms. The minimum Gasteiger partial charge on any atom is -0.354 e. The number of hydrogen-bond acceptors (Lipinski definition) is 3. The SMILES string of the molecule is C#Cc1ccc(C#Cc2ccc3c(c2)C2(c4cc(C#Cc5ccc(C#C)cc5)ccc4-3)c3c(C)nnc(C)c3N3CCc4ccccc4C32c2ccc(C)cc2)cc1. The maximum Gasteiger partial charge on any atom is 0.109 e. The molecule has 3 heterocycles. The third-order valence-electron chi connectivity index (χ3n) is 12.3.